The molecule has 0 saturated heterocycles. The fraction of sp³-hybridized carbons (Fsp3) is 0.692. The van der Waals surface area contributed by atoms with Crippen LogP contribution < -0.4 is 0 Å². The molecule has 3 atom stereocenters. The van der Waals surface area contributed by atoms with E-state index in [4.69, 9.17) is 0 Å². The second-order valence-electron chi connectivity index (χ2n) is 5.48. The Morgan fingerprint density at radius 2 is 2.31 bits per heavy atom. The Bertz CT molecular complexity index is 389. The highest BCUT2D eigenvalue weighted by Gasteiger charge is 2.50. The molecule has 2 fully saturated rings. The van der Waals surface area contributed by atoms with E-state index in [1.165, 1.54) is 34.3 Å². The first-order valence-corrected chi connectivity index (χ1v) is 7.68. The lowest BCUT2D eigenvalue weighted by atomic mass is 9.71. The van der Waals surface area contributed by atoms with Gasteiger partial charge < -0.3 is 5.11 Å². The summed E-state index contributed by atoms with van der Waals surface area (Å²) < 4.78 is 1.21. The summed E-state index contributed by atoms with van der Waals surface area (Å²) in [6.07, 6.45) is 6.45. The predicted molar refractivity (Wildman–Crippen MR) is 70.7 cm³/mol. The summed E-state index contributed by atoms with van der Waals surface area (Å²) in [4.78, 5) is 1.42. The number of fused-ring (bicyclic) bond motifs is 2. The van der Waals surface area contributed by atoms with Crippen molar-refractivity contribution in [2.24, 2.45) is 17.3 Å². The molecule has 2 bridgehead atoms. The van der Waals surface area contributed by atoms with Crippen molar-refractivity contribution < 1.29 is 5.11 Å². The number of aliphatic hydroxyl groups excluding tert-OH is 1. The predicted octanol–water partition coefficient (Wildman–Crippen LogP) is 3.85. The van der Waals surface area contributed by atoms with Gasteiger partial charge in [0.1, 0.15) is 0 Å². The minimum Gasteiger partial charge on any atom is -0.396 e. The van der Waals surface area contributed by atoms with E-state index in [0.717, 1.165) is 18.3 Å². The smallest absolute Gasteiger partial charge is 0.0701 e. The summed E-state index contributed by atoms with van der Waals surface area (Å²) >= 11 is 5.34. The third kappa shape index (κ3) is 1.77. The van der Waals surface area contributed by atoms with Gasteiger partial charge in [-0.1, -0.05) is 6.42 Å². The van der Waals surface area contributed by atoms with Crippen LogP contribution in [0.5, 0.6) is 0 Å². The summed E-state index contributed by atoms with van der Waals surface area (Å²) in [6, 6.07) is 4.33. The minimum atomic E-state index is 0.215. The van der Waals surface area contributed by atoms with Crippen molar-refractivity contribution in [2.45, 2.75) is 32.1 Å². The summed E-state index contributed by atoms with van der Waals surface area (Å²) in [6.45, 7) is 0.379. The van der Waals surface area contributed by atoms with Gasteiger partial charge in [-0.2, -0.15) is 0 Å². The highest BCUT2D eigenvalue weighted by atomic mass is 79.9. The molecule has 3 heteroatoms. The molecule has 1 N–H and O–H groups in total. The standard InChI is InChI=1S/C13H17BrOS/c14-12-4-3-11(16-12)7-13(8-15)6-9-1-2-10(13)5-9/h3-4,9-10,15H,1-2,5-8H2. The topological polar surface area (TPSA) is 20.2 Å². The Morgan fingerprint density at radius 3 is 2.81 bits per heavy atom. The molecule has 0 radical (unpaired) electrons. The number of hydrogen-bond donors (Lipinski definition) is 1. The van der Waals surface area contributed by atoms with Crippen molar-refractivity contribution in [1.82, 2.24) is 0 Å². The van der Waals surface area contributed by atoms with Crippen molar-refractivity contribution in [3.05, 3.63) is 20.8 Å². The van der Waals surface area contributed by atoms with E-state index < -0.39 is 0 Å². The number of thiophene rings is 1. The molecular formula is C13H17BrOS. The lowest BCUT2D eigenvalue weighted by Gasteiger charge is -2.35. The zero-order valence-corrected chi connectivity index (χ0v) is 11.7. The average Bonchev–Trinajstić information content (AvgIpc) is 2.94. The van der Waals surface area contributed by atoms with Crippen molar-refractivity contribution in [2.75, 3.05) is 6.61 Å². The Morgan fingerprint density at radius 1 is 1.44 bits per heavy atom. The third-order valence-electron chi connectivity index (χ3n) is 4.57. The van der Waals surface area contributed by atoms with Crippen molar-refractivity contribution >= 4 is 27.3 Å². The Labute approximate surface area is 109 Å². The summed E-state index contributed by atoms with van der Waals surface area (Å²) in [5, 5.41) is 9.80. The SMILES string of the molecule is OCC1(Cc2ccc(Br)s2)CC2CCC1C2. The van der Waals surface area contributed by atoms with Crippen LogP contribution in [0.1, 0.15) is 30.6 Å². The van der Waals surface area contributed by atoms with Gasteiger partial charge in [-0.25, -0.2) is 0 Å². The fourth-order valence-electron chi connectivity index (χ4n) is 3.82. The first kappa shape index (κ1) is 11.2. The maximum absolute atomic E-state index is 9.80. The van der Waals surface area contributed by atoms with Gasteiger partial charge in [-0.3, -0.25) is 0 Å². The molecule has 1 aromatic rings. The van der Waals surface area contributed by atoms with E-state index in [9.17, 15) is 5.11 Å². The van der Waals surface area contributed by atoms with Crippen molar-refractivity contribution in [3.63, 3.8) is 0 Å². The van der Waals surface area contributed by atoms with Gasteiger partial charge in [-0.05, 0) is 65.6 Å². The Balaban J connectivity index is 1.81. The van der Waals surface area contributed by atoms with Crippen LogP contribution in [-0.2, 0) is 6.42 Å². The molecule has 3 rings (SSSR count). The summed E-state index contributed by atoms with van der Waals surface area (Å²) in [5.41, 5.74) is 0.215. The van der Waals surface area contributed by atoms with Crippen LogP contribution >= 0.6 is 27.3 Å². The first-order chi connectivity index (χ1) is 7.72. The highest BCUT2D eigenvalue weighted by molar-refractivity contribution is 9.11. The average molecular weight is 301 g/mol. The van der Waals surface area contributed by atoms with E-state index in [2.05, 4.69) is 28.1 Å². The van der Waals surface area contributed by atoms with Crippen LogP contribution in [-0.4, -0.2) is 11.7 Å². The molecule has 3 unspecified atom stereocenters. The quantitative estimate of drug-likeness (QED) is 0.899. The Hall–Kier alpha value is 0.140. The van der Waals surface area contributed by atoms with Crippen LogP contribution in [0.4, 0.5) is 0 Å². The van der Waals surface area contributed by atoms with Gasteiger partial charge in [0.15, 0.2) is 0 Å². The van der Waals surface area contributed by atoms with E-state index in [0.29, 0.717) is 6.61 Å². The number of hydrogen-bond acceptors (Lipinski definition) is 2. The number of rotatable bonds is 3. The molecule has 0 aromatic carbocycles. The first-order valence-electron chi connectivity index (χ1n) is 6.07. The van der Waals surface area contributed by atoms with Gasteiger partial charge in [-0.15, -0.1) is 11.3 Å². The zero-order valence-electron chi connectivity index (χ0n) is 9.29. The maximum atomic E-state index is 9.80. The molecule has 2 aliphatic rings. The molecular weight excluding hydrogens is 284 g/mol. The van der Waals surface area contributed by atoms with Crippen LogP contribution in [0.3, 0.4) is 0 Å². The van der Waals surface area contributed by atoms with Gasteiger partial charge in [0.25, 0.3) is 0 Å². The van der Waals surface area contributed by atoms with Crippen LogP contribution in [0.25, 0.3) is 0 Å². The van der Waals surface area contributed by atoms with Crippen LogP contribution in [0.15, 0.2) is 15.9 Å². The Kier molecular flexibility index (Phi) is 2.89. The third-order valence-corrected chi connectivity index (χ3v) is 6.20. The molecule has 1 heterocycles. The fourth-order valence-corrected chi connectivity index (χ4v) is 5.46. The lowest BCUT2D eigenvalue weighted by Crippen LogP contribution is -2.33. The van der Waals surface area contributed by atoms with Crippen molar-refractivity contribution in [3.8, 4) is 0 Å². The molecule has 1 nitrogen and oxygen atoms in total. The molecule has 0 aliphatic heterocycles. The van der Waals surface area contributed by atoms with Gasteiger partial charge >= 0.3 is 0 Å². The zero-order chi connectivity index (χ0) is 11.2. The molecule has 0 amide bonds. The van der Waals surface area contributed by atoms with Crippen molar-refractivity contribution in [1.29, 1.82) is 0 Å². The lowest BCUT2D eigenvalue weighted by molar-refractivity contribution is 0.0659. The maximum Gasteiger partial charge on any atom is 0.0701 e. The normalized spacial score (nSPS) is 37.1. The van der Waals surface area contributed by atoms with E-state index >= 15 is 0 Å². The molecule has 2 aliphatic carbocycles. The summed E-state index contributed by atoms with van der Waals surface area (Å²) in [7, 11) is 0. The number of aliphatic hydroxyl groups is 1. The second kappa shape index (κ2) is 4.11. The largest absolute Gasteiger partial charge is 0.396 e. The summed E-state index contributed by atoms with van der Waals surface area (Å²) in [5.74, 6) is 1.68. The molecule has 88 valence electrons. The van der Waals surface area contributed by atoms with Gasteiger partial charge in [0.05, 0.1) is 3.79 Å². The van der Waals surface area contributed by atoms with Crippen LogP contribution in [0.2, 0.25) is 0 Å². The molecule has 16 heavy (non-hydrogen) atoms. The van der Waals surface area contributed by atoms with Gasteiger partial charge in [0, 0.05) is 16.9 Å². The van der Waals surface area contributed by atoms with E-state index in [1.807, 2.05) is 11.3 Å². The van der Waals surface area contributed by atoms with Gasteiger partial charge in [0.2, 0.25) is 0 Å². The molecule has 2 saturated carbocycles. The number of halogens is 1. The molecule has 1 aromatic heterocycles. The minimum absolute atomic E-state index is 0.215. The highest BCUT2D eigenvalue weighted by Crippen LogP contribution is 2.57. The second-order valence-corrected chi connectivity index (χ2v) is 8.03. The van der Waals surface area contributed by atoms with E-state index in [1.54, 1.807) is 0 Å². The molecule has 0 spiro atoms. The monoisotopic (exact) mass is 300 g/mol. The van der Waals surface area contributed by atoms with Crippen LogP contribution in [0, 0.1) is 17.3 Å². The van der Waals surface area contributed by atoms with E-state index in [-0.39, 0.29) is 5.41 Å².